The van der Waals surface area contributed by atoms with Crippen molar-refractivity contribution < 1.29 is 14.7 Å². The Hall–Kier alpha value is -1.01. The van der Waals surface area contributed by atoms with Crippen LogP contribution in [0.4, 0.5) is 0 Å². The predicted molar refractivity (Wildman–Crippen MR) is 81.7 cm³/mol. The normalized spacial score (nSPS) is 22.0. The van der Waals surface area contributed by atoms with Crippen LogP contribution in [0.25, 0.3) is 0 Å². The molecule has 0 aliphatic carbocycles. The number of hydrogen-bond donors (Lipinski definition) is 1. The zero-order chi connectivity index (χ0) is 14.7. The summed E-state index contributed by atoms with van der Waals surface area (Å²) in [4.78, 5) is 25.9. The molecule has 20 heavy (non-hydrogen) atoms. The second-order valence-electron chi connectivity index (χ2n) is 4.97. The number of carboxylic acids is 1. The first kappa shape index (κ1) is 15.4. The number of hydrogen-bond acceptors (Lipinski definition) is 3. The summed E-state index contributed by atoms with van der Waals surface area (Å²) in [6, 6.07) is 7.78. The van der Waals surface area contributed by atoms with E-state index in [1.54, 1.807) is 4.90 Å². The molecular weight excluding hydrogens is 342 g/mol. The third-order valence-corrected chi connectivity index (χ3v) is 4.91. The van der Waals surface area contributed by atoms with E-state index in [4.69, 9.17) is 5.11 Å². The summed E-state index contributed by atoms with van der Waals surface area (Å²) in [5, 5.41) is 9.07. The van der Waals surface area contributed by atoms with Gasteiger partial charge in [-0.2, -0.15) is 0 Å². The number of rotatable bonds is 4. The summed E-state index contributed by atoms with van der Waals surface area (Å²) in [6.07, 6.45) is 0. The summed E-state index contributed by atoms with van der Waals surface area (Å²) in [5.41, 5.74) is 0. The molecule has 1 aromatic rings. The van der Waals surface area contributed by atoms with Gasteiger partial charge in [0.15, 0.2) is 0 Å². The lowest BCUT2D eigenvalue weighted by molar-refractivity contribution is -0.142. The van der Waals surface area contributed by atoms with Gasteiger partial charge in [-0.15, -0.1) is 11.8 Å². The van der Waals surface area contributed by atoms with Gasteiger partial charge in [0.25, 0.3) is 0 Å². The topological polar surface area (TPSA) is 57.6 Å². The number of likely N-dealkylation sites (tertiary alicyclic amines) is 1. The molecule has 1 aromatic carbocycles. The molecule has 0 aromatic heterocycles. The summed E-state index contributed by atoms with van der Waals surface area (Å²) in [6.45, 7) is 2.75. The van der Waals surface area contributed by atoms with Crippen molar-refractivity contribution in [1.29, 1.82) is 0 Å². The van der Waals surface area contributed by atoms with Crippen LogP contribution >= 0.6 is 27.7 Å². The first-order valence-electron chi connectivity index (χ1n) is 6.36. The van der Waals surface area contributed by atoms with Crippen molar-refractivity contribution in [3.8, 4) is 0 Å². The van der Waals surface area contributed by atoms with Gasteiger partial charge in [-0.1, -0.05) is 28.9 Å². The minimum Gasteiger partial charge on any atom is -0.481 e. The quantitative estimate of drug-likeness (QED) is 0.841. The zero-order valence-electron chi connectivity index (χ0n) is 11.1. The maximum absolute atomic E-state index is 12.1. The van der Waals surface area contributed by atoms with Crippen molar-refractivity contribution in [2.75, 3.05) is 18.8 Å². The minimum atomic E-state index is -0.813. The average molecular weight is 358 g/mol. The van der Waals surface area contributed by atoms with Crippen LogP contribution < -0.4 is 0 Å². The van der Waals surface area contributed by atoms with Gasteiger partial charge in [-0.05, 0) is 24.1 Å². The summed E-state index contributed by atoms with van der Waals surface area (Å²) < 4.78 is 0.982. The molecule has 1 aliphatic heterocycles. The van der Waals surface area contributed by atoms with Gasteiger partial charge in [0, 0.05) is 22.5 Å². The average Bonchev–Trinajstić information content (AvgIpc) is 2.78. The van der Waals surface area contributed by atoms with Crippen molar-refractivity contribution in [2.45, 2.75) is 11.8 Å². The van der Waals surface area contributed by atoms with Crippen LogP contribution in [0, 0.1) is 11.8 Å². The molecule has 0 unspecified atom stereocenters. The molecule has 1 aliphatic rings. The molecule has 6 heteroatoms. The summed E-state index contributed by atoms with van der Waals surface area (Å²) >= 11 is 4.86. The molecule has 2 rings (SSSR count). The number of amides is 1. The SMILES string of the molecule is C[C@@H]1CN(C(=O)CSc2cccc(Br)c2)C[C@H]1C(=O)O. The highest BCUT2D eigenvalue weighted by atomic mass is 79.9. The van der Waals surface area contributed by atoms with Crippen LogP contribution in [0.3, 0.4) is 0 Å². The highest BCUT2D eigenvalue weighted by Gasteiger charge is 2.36. The molecule has 2 atom stereocenters. The van der Waals surface area contributed by atoms with Gasteiger partial charge in [0.05, 0.1) is 11.7 Å². The van der Waals surface area contributed by atoms with E-state index in [1.807, 2.05) is 31.2 Å². The van der Waals surface area contributed by atoms with E-state index in [9.17, 15) is 9.59 Å². The maximum atomic E-state index is 12.1. The number of aliphatic carboxylic acids is 1. The van der Waals surface area contributed by atoms with Crippen molar-refractivity contribution in [2.24, 2.45) is 11.8 Å². The zero-order valence-corrected chi connectivity index (χ0v) is 13.5. The number of nitrogens with zero attached hydrogens (tertiary/aromatic N) is 1. The Bertz CT molecular complexity index is 523. The molecule has 1 heterocycles. The van der Waals surface area contributed by atoms with Crippen LogP contribution in [-0.2, 0) is 9.59 Å². The second kappa shape index (κ2) is 6.63. The van der Waals surface area contributed by atoms with Gasteiger partial charge in [0.1, 0.15) is 0 Å². The molecule has 1 N–H and O–H groups in total. The molecule has 0 radical (unpaired) electrons. The standard InChI is InChI=1S/C14H16BrNO3S/c1-9-6-16(7-12(9)14(18)19)13(17)8-20-11-4-2-3-10(15)5-11/h2-5,9,12H,6-8H2,1H3,(H,18,19)/t9-,12-/m1/s1. The first-order valence-corrected chi connectivity index (χ1v) is 8.14. The lowest BCUT2D eigenvalue weighted by Gasteiger charge is -2.15. The Labute approximate surface area is 130 Å². The van der Waals surface area contributed by atoms with E-state index in [0.29, 0.717) is 18.8 Å². The Morgan fingerprint density at radius 2 is 2.20 bits per heavy atom. The van der Waals surface area contributed by atoms with E-state index in [0.717, 1.165) is 9.37 Å². The van der Waals surface area contributed by atoms with E-state index in [1.165, 1.54) is 11.8 Å². The van der Waals surface area contributed by atoms with Crippen LogP contribution in [0.5, 0.6) is 0 Å². The van der Waals surface area contributed by atoms with E-state index < -0.39 is 11.9 Å². The number of carboxylic acid groups (broad SMARTS) is 1. The fourth-order valence-corrected chi connectivity index (χ4v) is 3.69. The van der Waals surface area contributed by atoms with Crippen molar-refractivity contribution in [1.82, 2.24) is 4.90 Å². The number of thioether (sulfide) groups is 1. The summed E-state index contributed by atoms with van der Waals surface area (Å²) in [5.74, 6) is -0.879. The van der Waals surface area contributed by atoms with Crippen LogP contribution in [0.15, 0.2) is 33.6 Å². The lowest BCUT2D eigenvalue weighted by atomic mass is 9.99. The van der Waals surface area contributed by atoms with Crippen molar-refractivity contribution in [3.05, 3.63) is 28.7 Å². The van der Waals surface area contributed by atoms with Crippen LogP contribution in [0.1, 0.15) is 6.92 Å². The van der Waals surface area contributed by atoms with Gasteiger partial charge in [-0.25, -0.2) is 0 Å². The molecular formula is C14H16BrNO3S. The third kappa shape index (κ3) is 3.76. The Kier molecular flexibility index (Phi) is 5.10. The van der Waals surface area contributed by atoms with Crippen LogP contribution in [0.2, 0.25) is 0 Å². The first-order chi connectivity index (χ1) is 9.47. The Morgan fingerprint density at radius 1 is 1.45 bits per heavy atom. The van der Waals surface area contributed by atoms with Gasteiger partial charge in [0.2, 0.25) is 5.91 Å². The van der Waals surface area contributed by atoms with Gasteiger partial charge < -0.3 is 10.0 Å². The van der Waals surface area contributed by atoms with Gasteiger partial charge >= 0.3 is 5.97 Å². The highest BCUT2D eigenvalue weighted by Crippen LogP contribution is 2.26. The fraction of sp³-hybridized carbons (Fsp3) is 0.429. The third-order valence-electron chi connectivity index (χ3n) is 3.44. The van der Waals surface area contributed by atoms with Crippen LogP contribution in [-0.4, -0.2) is 40.7 Å². The fourth-order valence-electron chi connectivity index (χ4n) is 2.29. The van der Waals surface area contributed by atoms with Crippen molar-refractivity contribution in [3.63, 3.8) is 0 Å². The molecule has 0 bridgehead atoms. The molecule has 4 nitrogen and oxygen atoms in total. The minimum absolute atomic E-state index is 0.00516. The second-order valence-corrected chi connectivity index (χ2v) is 6.93. The molecule has 1 amide bonds. The molecule has 108 valence electrons. The predicted octanol–water partition coefficient (Wildman–Crippen LogP) is 2.72. The maximum Gasteiger partial charge on any atom is 0.308 e. The Morgan fingerprint density at radius 3 is 2.80 bits per heavy atom. The molecule has 0 saturated carbocycles. The number of halogens is 1. The smallest absolute Gasteiger partial charge is 0.308 e. The largest absolute Gasteiger partial charge is 0.481 e. The van der Waals surface area contributed by atoms with Gasteiger partial charge in [-0.3, -0.25) is 9.59 Å². The van der Waals surface area contributed by atoms with E-state index in [2.05, 4.69) is 15.9 Å². The molecule has 1 saturated heterocycles. The number of carbonyl (C=O) groups is 2. The molecule has 0 spiro atoms. The number of benzene rings is 1. The monoisotopic (exact) mass is 357 g/mol. The summed E-state index contributed by atoms with van der Waals surface area (Å²) in [7, 11) is 0. The van der Waals surface area contributed by atoms with Crippen molar-refractivity contribution >= 4 is 39.6 Å². The molecule has 1 fully saturated rings. The lowest BCUT2D eigenvalue weighted by Crippen LogP contribution is -2.31. The van der Waals surface area contributed by atoms with E-state index >= 15 is 0 Å². The van der Waals surface area contributed by atoms with E-state index in [-0.39, 0.29) is 11.8 Å². The Balaban J connectivity index is 1.88. The number of carbonyl (C=O) groups excluding carboxylic acids is 1. The highest BCUT2D eigenvalue weighted by molar-refractivity contribution is 9.10.